The Balaban J connectivity index is 2.36. The van der Waals surface area contributed by atoms with E-state index in [1.165, 1.54) is 20.0 Å². The fourth-order valence-corrected chi connectivity index (χ4v) is 2.32. The number of hydrogen-bond acceptors (Lipinski definition) is 3. The molecule has 6 heteroatoms. The van der Waals surface area contributed by atoms with Crippen LogP contribution in [0.4, 0.5) is 4.79 Å². The van der Waals surface area contributed by atoms with Gasteiger partial charge in [0.05, 0.1) is 6.61 Å². The Labute approximate surface area is 107 Å². The highest BCUT2D eigenvalue weighted by molar-refractivity contribution is 5.82. The molecule has 0 saturated heterocycles. The molecule has 104 valence electrons. The summed E-state index contributed by atoms with van der Waals surface area (Å²) in [5, 5.41) is 14.1. The van der Waals surface area contributed by atoms with Gasteiger partial charge >= 0.3 is 12.0 Å². The lowest BCUT2D eigenvalue weighted by atomic mass is 10.0. The molecule has 1 saturated carbocycles. The number of urea groups is 1. The van der Waals surface area contributed by atoms with Crippen LogP contribution in [-0.4, -0.2) is 42.9 Å². The first-order valence-electron chi connectivity index (χ1n) is 6.33. The first-order chi connectivity index (χ1) is 8.54. The van der Waals surface area contributed by atoms with Gasteiger partial charge in [0.15, 0.2) is 6.04 Å². The van der Waals surface area contributed by atoms with Crippen molar-refractivity contribution in [3.05, 3.63) is 0 Å². The Hall–Kier alpha value is -1.30. The van der Waals surface area contributed by atoms with Crippen LogP contribution in [-0.2, 0) is 9.53 Å². The number of methoxy groups -OCH3 is 1. The number of amides is 2. The molecule has 0 radical (unpaired) electrons. The standard InChI is InChI=1S/C12H22N2O4/c1-8(9-5-3-4-6-9)13-12(17)14-10(7-18-2)11(15)16/h8-10H,3-7H2,1-2H3,(H,15,16)(H2,13,14,17). The molecule has 1 aliphatic rings. The summed E-state index contributed by atoms with van der Waals surface area (Å²) in [5.41, 5.74) is 0. The predicted molar refractivity (Wildman–Crippen MR) is 66.4 cm³/mol. The van der Waals surface area contributed by atoms with E-state index in [0.717, 1.165) is 12.8 Å². The number of carbonyl (C=O) groups is 2. The Morgan fingerprint density at radius 2 is 1.94 bits per heavy atom. The van der Waals surface area contributed by atoms with E-state index >= 15 is 0 Å². The van der Waals surface area contributed by atoms with E-state index in [0.29, 0.717) is 5.92 Å². The summed E-state index contributed by atoms with van der Waals surface area (Å²) < 4.78 is 4.75. The van der Waals surface area contributed by atoms with Gasteiger partial charge in [-0.05, 0) is 25.7 Å². The van der Waals surface area contributed by atoms with Gasteiger partial charge in [-0.25, -0.2) is 9.59 Å². The average Bonchev–Trinajstić information content (AvgIpc) is 2.81. The second-order valence-electron chi connectivity index (χ2n) is 4.80. The Morgan fingerprint density at radius 3 is 2.44 bits per heavy atom. The van der Waals surface area contributed by atoms with E-state index in [4.69, 9.17) is 9.84 Å². The van der Waals surface area contributed by atoms with E-state index < -0.39 is 18.0 Å². The van der Waals surface area contributed by atoms with Crippen LogP contribution >= 0.6 is 0 Å². The molecule has 0 heterocycles. The van der Waals surface area contributed by atoms with Crippen LogP contribution in [0.1, 0.15) is 32.6 Å². The molecule has 0 aromatic carbocycles. The van der Waals surface area contributed by atoms with E-state index in [-0.39, 0.29) is 12.6 Å². The molecule has 3 N–H and O–H groups in total. The van der Waals surface area contributed by atoms with Crippen molar-refractivity contribution < 1.29 is 19.4 Å². The number of ether oxygens (including phenoxy) is 1. The first-order valence-corrected chi connectivity index (χ1v) is 6.33. The molecule has 1 aliphatic carbocycles. The largest absolute Gasteiger partial charge is 0.480 e. The monoisotopic (exact) mass is 258 g/mol. The van der Waals surface area contributed by atoms with Crippen molar-refractivity contribution in [1.82, 2.24) is 10.6 Å². The minimum absolute atomic E-state index is 0.0411. The highest BCUT2D eigenvalue weighted by Gasteiger charge is 2.25. The fourth-order valence-electron chi connectivity index (χ4n) is 2.32. The third-order valence-electron chi connectivity index (χ3n) is 3.40. The minimum Gasteiger partial charge on any atom is -0.480 e. The van der Waals surface area contributed by atoms with Crippen LogP contribution in [0.3, 0.4) is 0 Å². The van der Waals surface area contributed by atoms with Crippen molar-refractivity contribution in [3.63, 3.8) is 0 Å². The lowest BCUT2D eigenvalue weighted by Crippen LogP contribution is -2.51. The first kappa shape index (κ1) is 14.8. The van der Waals surface area contributed by atoms with Gasteiger partial charge in [-0.15, -0.1) is 0 Å². The quantitative estimate of drug-likeness (QED) is 0.662. The van der Waals surface area contributed by atoms with Gasteiger partial charge in [0.25, 0.3) is 0 Å². The third kappa shape index (κ3) is 4.52. The summed E-state index contributed by atoms with van der Waals surface area (Å²) in [6.45, 7) is 1.92. The van der Waals surface area contributed by atoms with Crippen molar-refractivity contribution in [2.45, 2.75) is 44.7 Å². The van der Waals surface area contributed by atoms with Crippen LogP contribution < -0.4 is 10.6 Å². The molecular formula is C12H22N2O4. The topological polar surface area (TPSA) is 87.7 Å². The number of aliphatic carboxylic acids is 1. The van der Waals surface area contributed by atoms with Crippen LogP contribution in [0.25, 0.3) is 0 Å². The number of nitrogens with one attached hydrogen (secondary N) is 2. The summed E-state index contributed by atoms with van der Waals surface area (Å²) in [5.74, 6) is -0.595. The molecule has 0 aromatic rings. The van der Waals surface area contributed by atoms with Crippen LogP contribution in [0.2, 0.25) is 0 Å². The lowest BCUT2D eigenvalue weighted by Gasteiger charge is -2.22. The summed E-state index contributed by atoms with van der Waals surface area (Å²) >= 11 is 0. The van der Waals surface area contributed by atoms with E-state index in [1.807, 2.05) is 6.92 Å². The number of carboxylic acid groups (broad SMARTS) is 1. The van der Waals surface area contributed by atoms with Crippen molar-refractivity contribution >= 4 is 12.0 Å². The molecule has 1 rings (SSSR count). The van der Waals surface area contributed by atoms with E-state index in [9.17, 15) is 9.59 Å². The van der Waals surface area contributed by atoms with Crippen LogP contribution in [0.5, 0.6) is 0 Å². The summed E-state index contributed by atoms with van der Waals surface area (Å²) in [6.07, 6.45) is 4.67. The molecule has 0 spiro atoms. The zero-order valence-electron chi connectivity index (χ0n) is 10.9. The van der Waals surface area contributed by atoms with Gasteiger partial charge in [0.2, 0.25) is 0 Å². The lowest BCUT2D eigenvalue weighted by molar-refractivity contribution is -0.140. The van der Waals surface area contributed by atoms with Gasteiger partial charge in [0.1, 0.15) is 0 Å². The molecule has 2 atom stereocenters. The van der Waals surface area contributed by atoms with Crippen molar-refractivity contribution in [2.24, 2.45) is 5.92 Å². The van der Waals surface area contributed by atoms with Gasteiger partial charge in [-0.2, -0.15) is 0 Å². The maximum atomic E-state index is 11.7. The zero-order chi connectivity index (χ0) is 13.5. The van der Waals surface area contributed by atoms with Gasteiger partial charge in [-0.1, -0.05) is 12.8 Å². The molecule has 2 unspecified atom stereocenters. The molecule has 6 nitrogen and oxygen atoms in total. The Kier molecular flexibility index (Phi) is 5.91. The van der Waals surface area contributed by atoms with Crippen LogP contribution in [0, 0.1) is 5.92 Å². The molecule has 1 fully saturated rings. The second-order valence-corrected chi connectivity index (χ2v) is 4.80. The van der Waals surface area contributed by atoms with Crippen molar-refractivity contribution in [3.8, 4) is 0 Å². The highest BCUT2D eigenvalue weighted by Crippen LogP contribution is 2.27. The maximum Gasteiger partial charge on any atom is 0.328 e. The smallest absolute Gasteiger partial charge is 0.328 e. The normalized spacial score (nSPS) is 19.2. The molecule has 2 amide bonds. The third-order valence-corrected chi connectivity index (χ3v) is 3.40. The summed E-state index contributed by atoms with van der Waals surface area (Å²) in [7, 11) is 1.40. The number of hydrogen-bond donors (Lipinski definition) is 3. The molecule has 0 aliphatic heterocycles. The predicted octanol–water partition coefficient (Wildman–Crippen LogP) is 0.964. The number of carboxylic acids is 1. The van der Waals surface area contributed by atoms with Crippen molar-refractivity contribution in [1.29, 1.82) is 0 Å². The summed E-state index contributed by atoms with van der Waals surface area (Å²) in [6, 6.07) is -1.38. The average molecular weight is 258 g/mol. The molecule has 0 aromatic heterocycles. The van der Waals surface area contributed by atoms with Gasteiger partial charge < -0.3 is 20.5 Å². The Morgan fingerprint density at radius 1 is 1.33 bits per heavy atom. The molecule has 18 heavy (non-hydrogen) atoms. The number of carbonyl (C=O) groups excluding carboxylic acids is 1. The van der Waals surface area contributed by atoms with Crippen molar-refractivity contribution in [2.75, 3.05) is 13.7 Å². The van der Waals surface area contributed by atoms with Gasteiger partial charge in [-0.3, -0.25) is 0 Å². The SMILES string of the molecule is COCC(NC(=O)NC(C)C1CCCC1)C(=O)O. The molecule has 0 bridgehead atoms. The van der Waals surface area contributed by atoms with Gasteiger partial charge in [0, 0.05) is 13.2 Å². The van der Waals surface area contributed by atoms with Crippen LogP contribution in [0.15, 0.2) is 0 Å². The highest BCUT2D eigenvalue weighted by atomic mass is 16.5. The summed E-state index contributed by atoms with van der Waals surface area (Å²) in [4.78, 5) is 22.5. The molecular weight excluding hydrogens is 236 g/mol. The fraction of sp³-hybridized carbons (Fsp3) is 0.833. The van der Waals surface area contributed by atoms with E-state index in [2.05, 4.69) is 10.6 Å². The number of rotatable bonds is 6. The van der Waals surface area contributed by atoms with E-state index in [1.54, 1.807) is 0 Å². The Bertz CT molecular complexity index is 290. The second kappa shape index (κ2) is 7.20. The zero-order valence-corrected chi connectivity index (χ0v) is 10.9. The maximum absolute atomic E-state index is 11.7. The minimum atomic E-state index is -1.10.